The lowest BCUT2D eigenvalue weighted by molar-refractivity contribution is 0.1000. The zero-order chi connectivity index (χ0) is 16.1. The summed E-state index contributed by atoms with van der Waals surface area (Å²) >= 11 is 0. The summed E-state index contributed by atoms with van der Waals surface area (Å²) in [6.07, 6.45) is 3.33. The number of carbonyl (C=O) groups is 1. The first-order chi connectivity index (χ1) is 11.2. The van der Waals surface area contributed by atoms with E-state index in [1.54, 1.807) is 30.6 Å². The maximum Gasteiger partial charge on any atom is 0.248 e. The molecule has 0 atom stereocenters. The van der Waals surface area contributed by atoms with Gasteiger partial charge in [0.1, 0.15) is 6.61 Å². The number of hydrogen-bond acceptors (Lipinski definition) is 6. The number of nitrogens with one attached hydrogen (secondary N) is 1. The van der Waals surface area contributed by atoms with Gasteiger partial charge in [-0.05, 0) is 17.7 Å². The number of nitrogens with two attached hydrogens (primary N) is 1. The number of rotatable bonds is 5. The second-order valence-corrected chi connectivity index (χ2v) is 5.31. The van der Waals surface area contributed by atoms with E-state index in [4.69, 9.17) is 10.5 Å². The van der Waals surface area contributed by atoms with Gasteiger partial charge in [0, 0.05) is 31.7 Å². The van der Waals surface area contributed by atoms with Crippen LogP contribution in [0.1, 0.15) is 15.9 Å². The van der Waals surface area contributed by atoms with Crippen LogP contribution >= 0.6 is 0 Å². The predicted molar refractivity (Wildman–Crippen MR) is 86.4 cm³/mol. The van der Waals surface area contributed by atoms with E-state index in [0.29, 0.717) is 18.1 Å². The summed E-state index contributed by atoms with van der Waals surface area (Å²) in [7, 11) is 0. The van der Waals surface area contributed by atoms with Crippen molar-refractivity contribution in [3.63, 3.8) is 0 Å². The van der Waals surface area contributed by atoms with E-state index in [2.05, 4.69) is 20.2 Å². The van der Waals surface area contributed by atoms with Gasteiger partial charge in [-0.15, -0.1) is 0 Å². The molecule has 120 valence electrons. The summed E-state index contributed by atoms with van der Waals surface area (Å²) in [4.78, 5) is 22.1. The van der Waals surface area contributed by atoms with Crippen molar-refractivity contribution < 1.29 is 9.53 Å². The molecule has 0 spiro atoms. The molecule has 0 bridgehead atoms. The van der Waals surface area contributed by atoms with E-state index in [9.17, 15) is 4.79 Å². The molecule has 7 nitrogen and oxygen atoms in total. The normalized spacial score (nSPS) is 14.5. The lowest BCUT2D eigenvalue weighted by Gasteiger charge is -2.28. The van der Waals surface area contributed by atoms with Crippen molar-refractivity contribution in [3.8, 4) is 5.88 Å². The second kappa shape index (κ2) is 7.06. The average Bonchev–Trinajstić information content (AvgIpc) is 2.61. The molecule has 1 aromatic carbocycles. The molecule has 7 heteroatoms. The van der Waals surface area contributed by atoms with Crippen LogP contribution in [0.3, 0.4) is 0 Å². The quantitative estimate of drug-likeness (QED) is 0.838. The molecular formula is C16H19N5O2. The maximum atomic E-state index is 11.2. The van der Waals surface area contributed by atoms with Crippen LogP contribution in [-0.2, 0) is 6.61 Å². The van der Waals surface area contributed by atoms with Crippen molar-refractivity contribution in [2.75, 3.05) is 31.1 Å². The number of anilines is 1. The van der Waals surface area contributed by atoms with Crippen LogP contribution in [0.25, 0.3) is 0 Å². The number of hydrogen-bond donors (Lipinski definition) is 2. The fourth-order valence-electron chi connectivity index (χ4n) is 2.43. The molecule has 1 aromatic heterocycles. The highest BCUT2D eigenvalue weighted by Crippen LogP contribution is 2.16. The zero-order valence-corrected chi connectivity index (χ0v) is 12.7. The Morgan fingerprint density at radius 1 is 1.30 bits per heavy atom. The van der Waals surface area contributed by atoms with Crippen molar-refractivity contribution in [1.29, 1.82) is 0 Å². The van der Waals surface area contributed by atoms with Gasteiger partial charge in [0.15, 0.2) is 5.82 Å². The Balaban J connectivity index is 1.66. The van der Waals surface area contributed by atoms with Gasteiger partial charge in [-0.3, -0.25) is 9.78 Å². The van der Waals surface area contributed by atoms with Gasteiger partial charge in [0.05, 0.1) is 12.4 Å². The largest absolute Gasteiger partial charge is 0.472 e. The minimum atomic E-state index is -0.452. The summed E-state index contributed by atoms with van der Waals surface area (Å²) in [5, 5.41) is 3.30. The maximum absolute atomic E-state index is 11.2. The zero-order valence-electron chi connectivity index (χ0n) is 12.7. The number of amides is 1. The molecule has 23 heavy (non-hydrogen) atoms. The van der Waals surface area contributed by atoms with E-state index in [1.165, 1.54) is 0 Å². The average molecular weight is 313 g/mol. The van der Waals surface area contributed by atoms with E-state index in [0.717, 1.165) is 37.6 Å². The van der Waals surface area contributed by atoms with Crippen molar-refractivity contribution in [2.24, 2.45) is 5.73 Å². The number of ether oxygens (including phenoxy) is 1. The molecule has 2 heterocycles. The fraction of sp³-hybridized carbons (Fsp3) is 0.312. The van der Waals surface area contributed by atoms with Crippen LogP contribution in [0.15, 0.2) is 36.7 Å². The van der Waals surface area contributed by atoms with E-state index >= 15 is 0 Å². The Morgan fingerprint density at radius 3 is 2.91 bits per heavy atom. The van der Waals surface area contributed by atoms with Crippen molar-refractivity contribution in [1.82, 2.24) is 15.3 Å². The minimum Gasteiger partial charge on any atom is -0.472 e. The number of carbonyl (C=O) groups excluding carboxylic acids is 1. The minimum absolute atomic E-state index is 0.306. The van der Waals surface area contributed by atoms with Crippen LogP contribution in [-0.4, -0.2) is 42.1 Å². The SMILES string of the molecule is NC(=O)c1cccc(COc2cncc(N3CCNCC3)n2)c1. The Morgan fingerprint density at radius 2 is 2.13 bits per heavy atom. The monoisotopic (exact) mass is 313 g/mol. The Kier molecular flexibility index (Phi) is 4.68. The van der Waals surface area contributed by atoms with Crippen LogP contribution in [0.5, 0.6) is 5.88 Å². The molecule has 0 radical (unpaired) electrons. The summed E-state index contributed by atoms with van der Waals surface area (Å²) in [6.45, 7) is 3.98. The smallest absolute Gasteiger partial charge is 0.248 e. The van der Waals surface area contributed by atoms with Gasteiger partial charge in [-0.25, -0.2) is 0 Å². The summed E-state index contributed by atoms with van der Waals surface area (Å²) in [5.41, 5.74) is 6.60. The molecule has 3 rings (SSSR count). The number of primary amides is 1. The molecule has 0 saturated carbocycles. The Bertz CT molecular complexity index is 686. The van der Waals surface area contributed by atoms with Crippen molar-refractivity contribution in [2.45, 2.75) is 6.61 Å². The van der Waals surface area contributed by atoms with Crippen LogP contribution < -0.4 is 20.7 Å². The second-order valence-electron chi connectivity index (χ2n) is 5.31. The summed E-state index contributed by atoms with van der Waals surface area (Å²) in [6, 6.07) is 7.05. The van der Waals surface area contributed by atoms with Gasteiger partial charge in [0.2, 0.25) is 11.8 Å². The third kappa shape index (κ3) is 3.95. The molecule has 1 aliphatic heterocycles. The standard InChI is InChI=1S/C16H19N5O2/c17-16(22)13-3-1-2-12(8-13)11-23-15-10-19-9-14(20-15)21-6-4-18-5-7-21/h1-3,8-10,18H,4-7,11H2,(H2,17,22). The van der Waals surface area contributed by atoms with Gasteiger partial charge < -0.3 is 20.7 Å². The molecule has 1 amide bonds. The topological polar surface area (TPSA) is 93.4 Å². The number of piperazine rings is 1. The molecular weight excluding hydrogens is 294 g/mol. The fourth-order valence-corrected chi connectivity index (χ4v) is 2.43. The van der Waals surface area contributed by atoms with Crippen LogP contribution in [0.4, 0.5) is 5.82 Å². The molecule has 0 unspecified atom stereocenters. The van der Waals surface area contributed by atoms with Crippen molar-refractivity contribution in [3.05, 3.63) is 47.8 Å². The molecule has 3 N–H and O–H groups in total. The molecule has 1 aliphatic rings. The lowest BCUT2D eigenvalue weighted by Crippen LogP contribution is -2.43. The first-order valence-corrected chi connectivity index (χ1v) is 7.51. The van der Waals surface area contributed by atoms with Gasteiger partial charge in [-0.1, -0.05) is 12.1 Å². The number of benzene rings is 1. The van der Waals surface area contributed by atoms with E-state index < -0.39 is 5.91 Å². The van der Waals surface area contributed by atoms with E-state index in [1.807, 2.05) is 6.07 Å². The molecule has 1 saturated heterocycles. The summed E-state index contributed by atoms with van der Waals surface area (Å²) in [5.74, 6) is 0.827. The highest BCUT2D eigenvalue weighted by Gasteiger charge is 2.12. The lowest BCUT2D eigenvalue weighted by atomic mass is 10.1. The number of nitrogens with zero attached hydrogens (tertiary/aromatic N) is 3. The number of aromatic nitrogens is 2. The third-order valence-electron chi connectivity index (χ3n) is 3.64. The Labute approximate surface area is 134 Å². The molecule has 0 aliphatic carbocycles. The van der Waals surface area contributed by atoms with Gasteiger partial charge in [0.25, 0.3) is 0 Å². The first-order valence-electron chi connectivity index (χ1n) is 7.51. The van der Waals surface area contributed by atoms with Crippen molar-refractivity contribution >= 4 is 11.7 Å². The Hall–Kier alpha value is -2.67. The molecule has 1 fully saturated rings. The van der Waals surface area contributed by atoms with Crippen LogP contribution in [0, 0.1) is 0 Å². The van der Waals surface area contributed by atoms with Crippen LogP contribution in [0.2, 0.25) is 0 Å². The molecule has 2 aromatic rings. The predicted octanol–water partition coefficient (Wildman–Crippen LogP) is 0.564. The highest BCUT2D eigenvalue weighted by atomic mass is 16.5. The summed E-state index contributed by atoms with van der Waals surface area (Å²) < 4.78 is 5.69. The highest BCUT2D eigenvalue weighted by molar-refractivity contribution is 5.92. The van der Waals surface area contributed by atoms with Gasteiger partial charge in [-0.2, -0.15) is 4.98 Å². The first kappa shape index (κ1) is 15.2. The third-order valence-corrected chi connectivity index (χ3v) is 3.64. The van der Waals surface area contributed by atoms with E-state index in [-0.39, 0.29) is 0 Å². The van der Waals surface area contributed by atoms with Gasteiger partial charge >= 0.3 is 0 Å².